The molecule has 0 aliphatic rings. The predicted molar refractivity (Wildman–Crippen MR) is 59.8 cm³/mol. The molecule has 0 spiro atoms. The molecule has 0 bridgehead atoms. The summed E-state index contributed by atoms with van der Waals surface area (Å²) in [5.74, 6) is 0. The lowest BCUT2D eigenvalue weighted by molar-refractivity contribution is -0.136. The van der Waals surface area contributed by atoms with Gasteiger partial charge in [-0.1, -0.05) is 6.07 Å². The number of aromatic nitrogens is 1. The van der Waals surface area contributed by atoms with Gasteiger partial charge in [-0.3, -0.25) is 0 Å². The average Bonchev–Trinajstić information content (AvgIpc) is 2.57. The maximum Gasteiger partial charge on any atom is 0.418 e. The molecular formula is C9H8ClF3N2S. The number of halogens is 4. The van der Waals surface area contributed by atoms with Crippen LogP contribution in [0.15, 0.2) is 18.2 Å². The van der Waals surface area contributed by atoms with Gasteiger partial charge in [0.2, 0.25) is 0 Å². The Kier molecular flexibility index (Phi) is 3.77. The van der Waals surface area contributed by atoms with Gasteiger partial charge in [0.1, 0.15) is 5.01 Å². The Hall–Kier alpha value is -0.850. The molecule has 0 radical (unpaired) electrons. The normalized spacial score (nSPS) is 11.5. The first kappa shape index (κ1) is 13.2. The van der Waals surface area contributed by atoms with Crippen molar-refractivity contribution >= 4 is 34.0 Å². The predicted octanol–water partition coefficient (Wildman–Crippen LogP) is 3.20. The van der Waals surface area contributed by atoms with Crippen molar-refractivity contribution < 1.29 is 13.2 Å². The lowest BCUT2D eigenvalue weighted by atomic mass is 10.2. The van der Waals surface area contributed by atoms with Gasteiger partial charge in [-0.25, -0.2) is 4.98 Å². The van der Waals surface area contributed by atoms with Gasteiger partial charge in [-0.05, 0) is 12.1 Å². The van der Waals surface area contributed by atoms with Crippen LogP contribution in [0.4, 0.5) is 13.2 Å². The molecule has 0 amide bonds. The molecule has 88 valence electrons. The van der Waals surface area contributed by atoms with E-state index in [1.165, 1.54) is 17.4 Å². The molecule has 0 saturated carbocycles. The van der Waals surface area contributed by atoms with E-state index in [9.17, 15) is 13.2 Å². The highest BCUT2D eigenvalue weighted by Crippen LogP contribution is 2.35. The van der Waals surface area contributed by atoms with Crippen LogP contribution in [0.2, 0.25) is 0 Å². The Balaban J connectivity index is 0.00000128. The molecule has 2 N–H and O–H groups in total. The summed E-state index contributed by atoms with van der Waals surface area (Å²) in [5, 5.41) is 0.515. The van der Waals surface area contributed by atoms with Gasteiger partial charge in [0, 0.05) is 6.54 Å². The molecule has 0 atom stereocenters. The third kappa shape index (κ3) is 2.28. The molecule has 2 aromatic rings. The van der Waals surface area contributed by atoms with Crippen LogP contribution in [0, 0.1) is 0 Å². The molecule has 2 rings (SSSR count). The van der Waals surface area contributed by atoms with Crippen molar-refractivity contribution in [2.24, 2.45) is 5.73 Å². The minimum Gasteiger partial charge on any atom is -0.325 e. The Morgan fingerprint density at radius 3 is 2.56 bits per heavy atom. The molecule has 0 aliphatic heterocycles. The summed E-state index contributed by atoms with van der Waals surface area (Å²) in [5.41, 5.74) is 4.64. The number of thiazole rings is 1. The Morgan fingerprint density at radius 2 is 2.00 bits per heavy atom. The smallest absolute Gasteiger partial charge is 0.325 e. The van der Waals surface area contributed by atoms with Crippen LogP contribution < -0.4 is 5.73 Å². The largest absolute Gasteiger partial charge is 0.418 e. The first-order chi connectivity index (χ1) is 7.02. The van der Waals surface area contributed by atoms with E-state index in [2.05, 4.69) is 4.98 Å². The molecule has 1 aromatic carbocycles. The highest BCUT2D eigenvalue weighted by atomic mass is 35.5. The van der Waals surface area contributed by atoms with Gasteiger partial charge in [-0.15, -0.1) is 23.7 Å². The van der Waals surface area contributed by atoms with Gasteiger partial charge in [0.15, 0.2) is 0 Å². The van der Waals surface area contributed by atoms with Crippen LogP contribution in [0.3, 0.4) is 0 Å². The van der Waals surface area contributed by atoms with Crippen molar-refractivity contribution in [3.05, 3.63) is 28.8 Å². The number of hydrogen-bond acceptors (Lipinski definition) is 3. The van der Waals surface area contributed by atoms with Crippen molar-refractivity contribution in [3.63, 3.8) is 0 Å². The van der Waals surface area contributed by atoms with Crippen molar-refractivity contribution in [3.8, 4) is 0 Å². The Labute approximate surface area is 99.7 Å². The van der Waals surface area contributed by atoms with E-state index in [1.54, 1.807) is 6.07 Å². The highest BCUT2D eigenvalue weighted by Gasteiger charge is 2.33. The zero-order valence-corrected chi connectivity index (χ0v) is 9.55. The van der Waals surface area contributed by atoms with E-state index < -0.39 is 11.7 Å². The number of alkyl halides is 3. The van der Waals surface area contributed by atoms with Gasteiger partial charge in [-0.2, -0.15) is 13.2 Å². The monoisotopic (exact) mass is 268 g/mol. The van der Waals surface area contributed by atoms with Crippen molar-refractivity contribution in [2.45, 2.75) is 12.7 Å². The summed E-state index contributed by atoms with van der Waals surface area (Å²) in [7, 11) is 0. The Bertz CT molecular complexity index is 495. The molecule has 7 heteroatoms. The molecule has 2 nitrogen and oxygen atoms in total. The number of benzene rings is 1. The number of rotatable bonds is 1. The lowest BCUT2D eigenvalue weighted by Gasteiger charge is -2.05. The maximum atomic E-state index is 12.6. The van der Waals surface area contributed by atoms with Crippen LogP contribution in [0.25, 0.3) is 10.2 Å². The van der Waals surface area contributed by atoms with E-state index in [1.807, 2.05) is 0 Å². The second-order valence-corrected chi connectivity index (χ2v) is 4.08. The molecule has 1 heterocycles. The van der Waals surface area contributed by atoms with Gasteiger partial charge in [0.25, 0.3) is 0 Å². The summed E-state index contributed by atoms with van der Waals surface area (Å²) < 4.78 is 38.2. The number of hydrogen-bond donors (Lipinski definition) is 1. The number of fused-ring (bicyclic) bond motifs is 1. The highest BCUT2D eigenvalue weighted by molar-refractivity contribution is 7.18. The second-order valence-electron chi connectivity index (χ2n) is 2.96. The van der Waals surface area contributed by atoms with Crippen LogP contribution in [-0.2, 0) is 12.7 Å². The molecule has 0 fully saturated rings. The molecule has 0 saturated heterocycles. The fraction of sp³-hybridized carbons (Fsp3) is 0.222. The topological polar surface area (TPSA) is 38.9 Å². The standard InChI is InChI=1S/C9H7F3N2S.ClH/c10-9(11,12)5-2-1-3-6-8(5)14-7(4-13)15-6;/h1-3H,4,13H2;1H. The van der Waals surface area contributed by atoms with Crippen LogP contribution in [-0.4, -0.2) is 4.98 Å². The maximum absolute atomic E-state index is 12.6. The van der Waals surface area contributed by atoms with E-state index >= 15 is 0 Å². The number of nitrogens with zero attached hydrogens (tertiary/aromatic N) is 1. The molecule has 0 unspecified atom stereocenters. The zero-order chi connectivity index (χ0) is 11.1. The van der Waals surface area contributed by atoms with Crippen molar-refractivity contribution in [1.82, 2.24) is 4.98 Å². The van der Waals surface area contributed by atoms with Crippen molar-refractivity contribution in [2.75, 3.05) is 0 Å². The first-order valence-corrected chi connectivity index (χ1v) is 4.99. The summed E-state index contributed by atoms with van der Waals surface area (Å²) >= 11 is 1.19. The second kappa shape index (κ2) is 4.57. The van der Waals surface area contributed by atoms with Crippen LogP contribution in [0.5, 0.6) is 0 Å². The first-order valence-electron chi connectivity index (χ1n) is 4.18. The van der Waals surface area contributed by atoms with Gasteiger partial charge in [0.05, 0.1) is 15.8 Å². The minimum absolute atomic E-state index is 0. The third-order valence-corrected chi connectivity index (χ3v) is 2.99. The number of nitrogens with two attached hydrogens (primary N) is 1. The van der Waals surface area contributed by atoms with E-state index in [-0.39, 0.29) is 24.5 Å². The fourth-order valence-electron chi connectivity index (χ4n) is 1.31. The average molecular weight is 269 g/mol. The molecule has 16 heavy (non-hydrogen) atoms. The van der Waals surface area contributed by atoms with Crippen molar-refractivity contribution in [1.29, 1.82) is 0 Å². The minimum atomic E-state index is -4.36. The lowest BCUT2D eigenvalue weighted by Crippen LogP contribution is -2.05. The van der Waals surface area contributed by atoms with E-state index in [4.69, 9.17) is 5.73 Å². The van der Waals surface area contributed by atoms with Gasteiger partial charge >= 0.3 is 6.18 Å². The summed E-state index contributed by atoms with van der Waals surface area (Å²) in [6.45, 7) is 0.163. The molecule has 0 aliphatic carbocycles. The fourth-order valence-corrected chi connectivity index (χ4v) is 2.18. The molecule has 1 aromatic heterocycles. The summed E-state index contributed by atoms with van der Waals surface area (Å²) in [4.78, 5) is 3.87. The van der Waals surface area contributed by atoms with Gasteiger partial charge < -0.3 is 5.73 Å². The van der Waals surface area contributed by atoms with Crippen LogP contribution >= 0.6 is 23.7 Å². The zero-order valence-electron chi connectivity index (χ0n) is 7.91. The molecular weight excluding hydrogens is 261 g/mol. The quantitative estimate of drug-likeness (QED) is 0.863. The summed E-state index contributed by atoms with van der Waals surface area (Å²) in [6, 6.07) is 4.02. The SMILES string of the molecule is Cl.NCc1nc2c(C(F)(F)F)cccc2s1. The third-order valence-electron chi connectivity index (χ3n) is 1.94. The number of para-hydroxylation sites is 1. The van der Waals surface area contributed by atoms with E-state index in [0.29, 0.717) is 9.71 Å². The summed E-state index contributed by atoms with van der Waals surface area (Å²) in [6.07, 6.45) is -4.36. The Morgan fingerprint density at radius 1 is 1.31 bits per heavy atom. The van der Waals surface area contributed by atoms with E-state index in [0.717, 1.165) is 6.07 Å². The van der Waals surface area contributed by atoms with Crippen LogP contribution in [0.1, 0.15) is 10.6 Å².